The maximum atomic E-state index is 12.5. The van der Waals surface area contributed by atoms with E-state index in [1.807, 2.05) is 0 Å². The van der Waals surface area contributed by atoms with Crippen LogP contribution in [0.4, 0.5) is 0 Å². The molecule has 0 unspecified atom stereocenters. The van der Waals surface area contributed by atoms with Crippen molar-refractivity contribution in [3.63, 3.8) is 0 Å². The summed E-state index contributed by atoms with van der Waals surface area (Å²) in [6.07, 6.45) is 2.51. The molecule has 0 aromatic heterocycles. The molecule has 2 aromatic rings. The van der Waals surface area contributed by atoms with Gasteiger partial charge in [-0.1, -0.05) is 24.3 Å². The number of carboxylic acid groups (broad SMARTS) is 1. The van der Waals surface area contributed by atoms with Crippen LogP contribution in [0.3, 0.4) is 0 Å². The highest BCUT2D eigenvalue weighted by Crippen LogP contribution is 2.28. The molecule has 0 fully saturated rings. The summed E-state index contributed by atoms with van der Waals surface area (Å²) >= 11 is 0. The van der Waals surface area contributed by atoms with Gasteiger partial charge in [-0.15, -0.1) is 0 Å². The van der Waals surface area contributed by atoms with E-state index in [0.29, 0.717) is 28.2 Å². The van der Waals surface area contributed by atoms with Crippen LogP contribution in [-0.4, -0.2) is 31.1 Å². The van der Waals surface area contributed by atoms with Crippen molar-refractivity contribution in [1.82, 2.24) is 0 Å². The lowest BCUT2D eigenvalue weighted by Crippen LogP contribution is -2.02. The second-order valence-corrected chi connectivity index (χ2v) is 4.69. The largest absolute Gasteiger partial charge is 0.493 e. The number of carbonyl (C=O) groups excluding carboxylic acids is 1. The molecule has 0 atom stereocenters. The van der Waals surface area contributed by atoms with Gasteiger partial charge in [0, 0.05) is 17.2 Å². The van der Waals surface area contributed by atoms with Crippen LogP contribution in [0.25, 0.3) is 6.08 Å². The normalized spacial score (nSPS) is 10.5. The number of methoxy groups -OCH3 is 2. The van der Waals surface area contributed by atoms with Gasteiger partial charge in [0.15, 0.2) is 17.3 Å². The number of carboxylic acids is 1. The second-order valence-electron chi connectivity index (χ2n) is 4.69. The minimum Gasteiger partial charge on any atom is -0.493 e. The fourth-order valence-corrected chi connectivity index (χ4v) is 2.06. The average molecular weight is 312 g/mol. The van der Waals surface area contributed by atoms with Crippen molar-refractivity contribution in [2.45, 2.75) is 0 Å². The molecule has 0 heterocycles. The minimum atomic E-state index is -1.02. The molecular weight excluding hydrogens is 296 g/mol. The van der Waals surface area contributed by atoms with Crippen LogP contribution >= 0.6 is 0 Å². The van der Waals surface area contributed by atoms with Crippen molar-refractivity contribution in [1.29, 1.82) is 0 Å². The van der Waals surface area contributed by atoms with Gasteiger partial charge < -0.3 is 14.6 Å². The first-order valence-corrected chi connectivity index (χ1v) is 6.83. The quantitative estimate of drug-likeness (QED) is 0.655. The Kier molecular flexibility index (Phi) is 5.15. The summed E-state index contributed by atoms with van der Waals surface area (Å²) in [5, 5.41) is 8.60. The molecule has 0 spiro atoms. The van der Waals surface area contributed by atoms with Crippen molar-refractivity contribution in [3.8, 4) is 11.5 Å². The third kappa shape index (κ3) is 3.97. The molecule has 5 heteroatoms. The number of carbonyl (C=O) groups is 2. The maximum absolute atomic E-state index is 12.5. The Labute approximate surface area is 133 Å². The van der Waals surface area contributed by atoms with Crippen LogP contribution in [0, 0.1) is 0 Å². The fraction of sp³-hybridized carbons (Fsp3) is 0.111. The average Bonchev–Trinajstić information content (AvgIpc) is 2.59. The van der Waals surface area contributed by atoms with Gasteiger partial charge >= 0.3 is 5.97 Å². The van der Waals surface area contributed by atoms with Gasteiger partial charge in [-0.2, -0.15) is 0 Å². The molecule has 0 saturated heterocycles. The lowest BCUT2D eigenvalue weighted by molar-refractivity contribution is -0.131. The highest BCUT2D eigenvalue weighted by atomic mass is 16.5. The standard InChI is InChI=1S/C18H16O5/c1-22-15-9-8-14(11-16(15)23-2)18(21)13-6-3-12(4-7-13)5-10-17(19)20/h3-11H,1-2H3,(H,19,20)/b10-5+. The zero-order valence-electron chi connectivity index (χ0n) is 12.8. The highest BCUT2D eigenvalue weighted by Gasteiger charge is 2.12. The predicted octanol–water partition coefficient (Wildman–Crippen LogP) is 3.03. The second kappa shape index (κ2) is 7.26. The summed E-state index contributed by atoms with van der Waals surface area (Å²) in [6, 6.07) is 11.7. The summed E-state index contributed by atoms with van der Waals surface area (Å²) in [5.74, 6) is -0.132. The van der Waals surface area contributed by atoms with E-state index >= 15 is 0 Å². The van der Waals surface area contributed by atoms with Gasteiger partial charge in [0.05, 0.1) is 14.2 Å². The number of hydrogen-bond donors (Lipinski definition) is 1. The monoisotopic (exact) mass is 312 g/mol. The summed E-state index contributed by atoms with van der Waals surface area (Å²) in [6.45, 7) is 0. The molecule has 0 amide bonds. The van der Waals surface area contributed by atoms with Crippen LogP contribution in [0.2, 0.25) is 0 Å². The summed E-state index contributed by atoms with van der Waals surface area (Å²) < 4.78 is 10.3. The van der Waals surface area contributed by atoms with Crippen molar-refractivity contribution < 1.29 is 24.2 Å². The topological polar surface area (TPSA) is 72.8 Å². The van der Waals surface area contributed by atoms with Gasteiger partial charge in [0.25, 0.3) is 0 Å². The van der Waals surface area contributed by atoms with E-state index in [4.69, 9.17) is 14.6 Å². The molecule has 2 rings (SSSR count). The zero-order valence-corrected chi connectivity index (χ0v) is 12.8. The fourth-order valence-electron chi connectivity index (χ4n) is 2.06. The maximum Gasteiger partial charge on any atom is 0.328 e. The number of hydrogen-bond acceptors (Lipinski definition) is 4. The molecule has 1 N–H and O–H groups in total. The first-order chi connectivity index (χ1) is 11.0. The number of aliphatic carboxylic acids is 1. The Morgan fingerprint density at radius 2 is 1.52 bits per heavy atom. The van der Waals surface area contributed by atoms with E-state index in [0.717, 1.165) is 6.08 Å². The first-order valence-electron chi connectivity index (χ1n) is 6.83. The van der Waals surface area contributed by atoms with Gasteiger partial charge in [-0.25, -0.2) is 4.79 Å². The SMILES string of the molecule is COc1ccc(C(=O)c2ccc(/C=C/C(=O)O)cc2)cc1OC. The van der Waals surface area contributed by atoms with Gasteiger partial charge in [0.1, 0.15) is 0 Å². The Balaban J connectivity index is 2.25. The Morgan fingerprint density at radius 3 is 2.09 bits per heavy atom. The van der Waals surface area contributed by atoms with E-state index in [1.54, 1.807) is 42.5 Å². The Bertz CT molecular complexity index is 745. The highest BCUT2D eigenvalue weighted by molar-refractivity contribution is 6.09. The van der Waals surface area contributed by atoms with Crippen molar-refractivity contribution in [2.75, 3.05) is 14.2 Å². The summed E-state index contributed by atoms with van der Waals surface area (Å²) in [7, 11) is 3.04. The molecule has 0 bridgehead atoms. The number of ketones is 1. The van der Waals surface area contributed by atoms with Crippen molar-refractivity contribution in [3.05, 3.63) is 65.2 Å². The molecule has 118 valence electrons. The third-order valence-corrected chi connectivity index (χ3v) is 3.24. The summed E-state index contributed by atoms with van der Waals surface area (Å²) in [5.41, 5.74) is 1.69. The van der Waals surface area contributed by atoms with E-state index in [2.05, 4.69) is 0 Å². The molecule has 0 radical (unpaired) electrons. The van der Waals surface area contributed by atoms with Gasteiger partial charge in [-0.3, -0.25) is 4.79 Å². The molecule has 0 saturated carbocycles. The first kappa shape index (κ1) is 16.3. The summed E-state index contributed by atoms with van der Waals surface area (Å²) in [4.78, 5) is 23.0. The van der Waals surface area contributed by atoms with Gasteiger partial charge in [0.2, 0.25) is 0 Å². The van der Waals surface area contributed by atoms with E-state index in [9.17, 15) is 9.59 Å². The van der Waals surface area contributed by atoms with Crippen LogP contribution < -0.4 is 9.47 Å². The Morgan fingerprint density at radius 1 is 0.913 bits per heavy atom. The molecular formula is C18H16O5. The zero-order chi connectivity index (χ0) is 16.8. The van der Waals surface area contributed by atoms with Crippen LogP contribution in [0.5, 0.6) is 11.5 Å². The smallest absolute Gasteiger partial charge is 0.328 e. The number of rotatable bonds is 6. The van der Waals surface area contributed by atoms with E-state index < -0.39 is 5.97 Å². The van der Waals surface area contributed by atoms with Crippen molar-refractivity contribution >= 4 is 17.8 Å². The lowest BCUT2D eigenvalue weighted by Gasteiger charge is -2.09. The van der Waals surface area contributed by atoms with Crippen molar-refractivity contribution in [2.24, 2.45) is 0 Å². The third-order valence-electron chi connectivity index (χ3n) is 3.24. The van der Waals surface area contributed by atoms with E-state index in [1.165, 1.54) is 20.3 Å². The van der Waals surface area contributed by atoms with E-state index in [-0.39, 0.29) is 5.78 Å². The number of benzene rings is 2. The lowest BCUT2D eigenvalue weighted by atomic mass is 10.0. The molecule has 5 nitrogen and oxygen atoms in total. The molecule has 0 aliphatic carbocycles. The molecule has 0 aliphatic rings. The predicted molar refractivity (Wildman–Crippen MR) is 86.1 cm³/mol. The van der Waals surface area contributed by atoms with Crippen LogP contribution in [0.15, 0.2) is 48.5 Å². The minimum absolute atomic E-state index is 0.153. The number of ether oxygens (including phenoxy) is 2. The molecule has 0 aliphatic heterocycles. The van der Waals surface area contributed by atoms with Crippen LogP contribution in [-0.2, 0) is 4.79 Å². The molecule has 2 aromatic carbocycles. The Hall–Kier alpha value is -3.08. The van der Waals surface area contributed by atoms with Gasteiger partial charge in [-0.05, 0) is 29.8 Å². The molecule has 23 heavy (non-hydrogen) atoms. The van der Waals surface area contributed by atoms with Crippen LogP contribution in [0.1, 0.15) is 21.5 Å².